The lowest BCUT2D eigenvalue weighted by Gasteiger charge is -2.36. The number of fused-ring (bicyclic) bond motifs is 1. The third-order valence-corrected chi connectivity index (χ3v) is 4.73. The molecule has 1 aliphatic heterocycles. The first-order chi connectivity index (χ1) is 11.0. The maximum Gasteiger partial charge on any atom is 0.131 e. The van der Waals surface area contributed by atoms with E-state index in [0.717, 1.165) is 36.3 Å². The molecule has 2 aromatic rings. The minimum Gasteiger partial charge on any atom is -0.384 e. The number of nitrogens with zero attached hydrogens (tertiary/aromatic N) is 5. The first-order valence-electron chi connectivity index (χ1n) is 7.55. The van der Waals surface area contributed by atoms with Gasteiger partial charge in [0, 0.05) is 6.20 Å². The van der Waals surface area contributed by atoms with Crippen molar-refractivity contribution in [3.05, 3.63) is 47.2 Å². The van der Waals surface area contributed by atoms with E-state index in [9.17, 15) is 5.11 Å². The smallest absolute Gasteiger partial charge is 0.131 e. The molecule has 8 heteroatoms. The van der Waals surface area contributed by atoms with Crippen molar-refractivity contribution < 1.29 is 5.11 Å². The average molecular weight is 333 g/mol. The highest BCUT2D eigenvalue weighted by molar-refractivity contribution is 6.48. The number of pyridine rings is 1. The van der Waals surface area contributed by atoms with Gasteiger partial charge in [-0.2, -0.15) is 0 Å². The van der Waals surface area contributed by atoms with Crippen LogP contribution in [-0.2, 0) is 18.7 Å². The number of halogens is 1. The molecular weight excluding hydrogens is 316 g/mol. The van der Waals surface area contributed by atoms with Gasteiger partial charge in [0.25, 0.3) is 0 Å². The molecule has 0 bridgehead atoms. The van der Waals surface area contributed by atoms with E-state index in [2.05, 4.69) is 15.3 Å². The fraction of sp³-hybridized carbons (Fsp3) is 0.400. The molecule has 2 aromatic heterocycles. The second kappa shape index (κ2) is 5.30. The Balaban J connectivity index is 1.63. The summed E-state index contributed by atoms with van der Waals surface area (Å²) in [6, 6.07) is 5.71. The van der Waals surface area contributed by atoms with Crippen LogP contribution in [0, 0.1) is 0 Å². The van der Waals surface area contributed by atoms with Crippen molar-refractivity contribution in [2.24, 2.45) is 5.84 Å². The molecule has 2 aliphatic rings. The number of aliphatic hydroxyl groups is 1. The maximum absolute atomic E-state index is 10.4. The van der Waals surface area contributed by atoms with Gasteiger partial charge in [0.2, 0.25) is 0 Å². The van der Waals surface area contributed by atoms with Gasteiger partial charge in [-0.05, 0) is 31.4 Å². The Morgan fingerprint density at radius 3 is 2.91 bits per heavy atom. The lowest BCUT2D eigenvalue weighted by Crippen LogP contribution is -2.34. The van der Waals surface area contributed by atoms with E-state index in [1.807, 2.05) is 18.2 Å². The number of hydrogen-bond donors (Lipinski definition) is 2. The lowest BCUT2D eigenvalue weighted by atomic mass is 9.77. The van der Waals surface area contributed by atoms with Crippen molar-refractivity contribution in [3.8, 4) is 0 Å². The van der Waals surface area contributed by atoms with Crippen molar-refractivity contribution >= 4 is 16.6 Å². The van der Waals surface area contributed by atoms with Crippen LogP contribution in [0.4, 0.5) is 0 Å². The molecule has 0 spiro atoms. The predicted molar refractivity (Wildman–Crippen MR) is 84.7 cm³/mol. The van der Waals surface area contributed by atoms with Crippen LogP contribution in [0.25, 0.3) is 5.03 Å². The zero-order valence-electron chi connectivity index (χ0n) is 12.5. The van der Waals surface area contributed by atoms with Crippen molar-refractivity contribution in [1.82, 2.24) is 25.0 Å². The predicted octanol–water partition coefficient (Wildman–Crippen LogP) is 1.32. The normalized spacial score (nSPS) is 19.1. The number of rotatable bonds is 3. The highest BCUT2D eigenvalue weighted by Crippen LogP contribution is 2.40. The third-order valence-electron chi connectivity index (χ3n) is 4.45. The molecule has 7 nitrogen and oxygen atoms in total. The first-order valence-corrected chi connectivity index (χ1v) is 7.93. The van der Waals surface area contributed by atoms with E-state index in [-0.39, 0.29) is 0 Å². The second-order valence-electron chi connectivity index (χ2n) is 6.09. The van der Waals surface area contributed by atoms with E-state index in [1.54, 1.807) is 10.9 Å². The zero-order valence-corrected chi connectivity index (χ0v) is 13.2. The lowest BCUT2D eigenvalue weighted by molar-refractivity contribution is -0.0427. The average Bonchev–Trinajstić information content (AvgIpc) is 2.88. The summed E-state index contributed by atoms with van der Waals surface area (Å²) in [6.07, 6.45) is 4.21. The molecule has 120 valence electrons. The summed E-state index contributed by atoms with van der Waals surface area (Å²) in [4.78, 5) is 4.60. The monoisotopic (exact) mass is 332 g/mol. The number of hydrogen-bond acceptors (Lipinski definition) is 6. The highest BCUT2D eigenvalue weighted by Gasteiger charge is 2.37. The fourth-order valence-corrected chi connectivity index (χ4v) is 3.25. The van der Waals surface area contributed by atoms with Crippen LogP contribution in [-0.4, -0.2) is 30.1 Å². The van der Waals surface area contributed by atoms with Crippen LogP contribution in [0.15, 0.2) is 24.4 Å². The second-order valence-corrected chi connectivity index (χ2v) is 6.50. The quantitative estimate of drug-likeness (QED) is 0.823. The SMILES string of the molecule is NN1C=C(Cl)c2nnn(Cc3cccc(C4(O)CCC4)n3)c2C1. The molecule has 1 aliphatic carbocycles. The fourth-order valence-electron chi connectivity index (χ4n) is 2.98. The molecule has 0 unspecified atom stereocenters. The van der Waals surface area contributed by atoms with Gasteiger partial charge in [0.1, 0.15) is 11.3 Å². The molecule has 0 saturated heterocycles. The molecule has 0 amide bonds. The topological polar surface area (TPSA) is 93.1 Å². The Morgan fingerprint density at radius 2 is 2.17 bits per heavy atom. The molecule has 3 N–H and O–H groups in total. The summed E-state index contributed by atoms with van der Waals surface area (Å²) in [5.74, 6) is 5.82. The summed E-state index contributed by atoms with van der Waals surface area (Å²) < 4.78 is 1.75. The summed E-state index contributed by atoms with van der Waals surface area (Å²) in [7, 11) is 0. The Bertz CT molecular complexity index is 782. The molecular formula is C15H17ClN6O. The molecule has 0 atom stereocenters. The van der Waals surface area contributed by atoms with Gasteiger partial charge >= 0.3 is 0 Å². The molecule has 3 heterocycles. The Morgan fingerprint density at radius 1 is 1.35 bits per heavy atom. The Kier molecular flexibility index (Phi) is 3.37. The standard InChI is InChI=1S/C15H17ClN6O/c16-11-8-21(17)9-12-14(11)19-20-22(12)7-10-3-1-4-13(18-10)15(23)5-2-6-15/h1,3-4,8,23H,2,5-7,9,17H2. The number of aromatic nitrogens is 4. The van der Waals surface area contributed by atoms with E-state index in [4.69, 9.17) is 17.4 Å². The van der Waals surface area contributed by atoms with E-state index >= 15 is 0 Å². The van der Waals surface area contributed by atoms with Gasteiger partial charge in [0.05, 0.1) is 35.2 Å². The Hall–Kier alpha value is -1.96. The molecule has 1 fully saturated rings. The van der Waals surface area contributed by atoms with Gasteiger partial charge in [0.15, 0.2) is 0 Å². The van der Waals surface area contributed by atoms with E-state index in [0.29, 0.717) is 23.8 Å². The summed E-state index contributed by atoms with van der Waals surface area (Å²) in [6.45, 7) is 0.951. The molecule has 23 heavy (non-hydrogen) atoms. The first kappa shape index (κ1) is 14.6. The largest absolute Gasteiger partial charge is 0.384 e. The van der Waals surface area contributed by atoms with Crippen molar-refractivity contribution in [2.45, 2.75) is 38.0 Å². The molecule has 0 aromatic carbocycles. The van der Waals surface area contributed by atoms with E-state index in [1.165, 1.54) is 5.01 Å². The van der Waals surface area contributed by atoms with Crippen LogP contribution < -0.4 is 5.84 Å². The van der Waals surface area contributed by atoms with Crippen molar-refractivity contribution in [2.75, 3.05) is 0 Å². The van der Waals surface area contributed by atoms with Gasteiger partial charge in [-0.1, -0.05) is 22.9 Å². The minimum atomic E-state index is -0.766. The summed E-state index contributed by atoms with van der Waals surface area (Å²) >= 11 is 6.14. The van der Waals surface area contributed by atoms with Gasteiger partial charge < -0.3 is 10.1 Å². The number of hydrazine groups is 1. The summed E-state index contributed by atoms with van der Waals surface area (Å²) in [5.41, 5.74) is 2.30. The van der Waals surface area contributed by atoms with Gasteiger partial charge in [-0.3, -0.25) is 4.98 Å². The van der Waals surface area contributed by atoms with Crippen LogP contribution in [0.3, 0.4) is 0 Å². The molecule has 0 radical (unpaired) electrons. The van der Waals surface area contributed by atoms with Crippen LogP contribution >= 0.6 is 11.6 Å². The molecule has 1 saturated carbocycles. The maximum atomic E-state index is 10.4. The van der Waals surface area contributed by atoms with Crippen molar-refractivity contribution in [1.29, 1.82) is 0 Å². The van der Waals surface area contributed by atoms with Crippen LogP contribution in [0.5, 0.6) is 0 Å². The third kappa shape index (κ3) is 2.50. The van der Waals surface area contributed by atoms with E-state index < -0.39 is 5.60 Å². The molecule has 4 rings (SSSR count). The Labute approximate surface area is 138 Å². The minimum absolute atomic E-state index is 0.463. The summed E-state index contributed by atoms with van der Waals surface area (Å²) in [5, 5.41) is 20.7. The van der Waals surface area contributed by atoms with Crippen molar-refractivity contribution in [3.63, 3.8) is 0 Å². The van der Waals surface area contributed by atoms with Gasteiger partial charge in [-0.15, -0.1) is 5.10 Å². The van der Waals surface area contributed by atoms with Crippen LogP contribution in [0.1, 0.15) is 42.0 Å². The highest BCUT2D eigenvalue weighted by atomic mass is 35.5. The number of nitrogens with two attached hydrogens (primary N) is 1. The van der Waals surface area contributed by atoms with Gasteiger partial charge in [-0.25, -0.2) is 10.5 Å². The van der Waals surface area contributed by atoms with Crippen LogP contribution in [0.2, 0.25) is 0 Å². The zero-order chi connectivity index (χ0) is 16.0.